The SMILES string of the molecule is Cc1c(C2CC2)nc2n1CCCC2CN. The van der Waals surface area contributed by atoms with Crippen LogP contribution in [0.3, 0.4) is 0 Å². The van der Waals surface area contributed by atoms with Crippen molar-refractivity contribution in [2.45, 2.75) is 51.0 Å². The Bertz CT molecular complexity index is 376. The Morgan fingerprint density at radius 3 is 2.87 bits per heavy atom. The Hall–Kier alpha value is -0.830. The van der Waals surface area contributed by atoms with Gasteiger partial charge in [0.25, 0.3) is 0 Å². The minimum Gasteiger partial charge on any atom is -0.332 e. The summed E-state index contributed by atoms with van der Waals surface area (Å²) in [5.41, 5.74) is 8.59. The van der Waals surface area contributed by atoms with Crippen molar-refractivity contribution < 1.29 is 0 Å². The molecule has 1 aliphatic carbocycles. The summed E-state index contributed by atoms with van der Waals surface area (Å²) in [5.74, 6) is 2.54. The quantitative estimate of drug-likeness (QED) is 0.801. The second-order valence-electron chi connectivity index (χ2n) is 4.94. The van der Waals surface area contributed by atoms with Gasteiger partial charge < -0.3 is 10.3 Å². The highest BCUT2D eigenvalue weighted by atomic mass is 15.1. The number of rotatable bonds is 2. The minimum atomic E-state index is 0.505. The lowest BCUT2D eigenvalue weighted by molar-refractivity contribution is 0.443. The molecule has 0 amide bonds. The highest BCUT2D eigenvalue weighted by Crippen LogP contribution is 2.42. The van der Waals surface area contributed by atoms with Gasteiger partial charge in [0.05, 0.1) is 5.69 Å². The van der Waals surface area contributed by atoms with Crippen molar-refractivity contribution in [2.24, 2.45) is 5.73 Å². The third-order valence-corrected chi connectivity index (χ3v) is 3.84. The van der Waals surface area contributed by atoms with Crippen molar-refractivity contribution >= 4 is 0 Å². The van der Waals surface area contributed by atoms with E-state index in [0.29, 0.717) is 5.92 Å². The second-order valence-corrected chi connectivity index (χ2v) is 4.94. The first-order valence-electron chi connectivity index (χ1n) is 6.08. The molecule has 2 heterocycles. The number of nitrogens with two attached hydrogens (primary N) is 1. The average molecular weight is 205 g/mol. The lowest BCUT2D eigenvalue weighted by Gasteiger charge is -2.22. The molecule has 1 unspecified atom stereocenters. The summed E-state index contributed by atoms with van der Waals surface area (Å²) in [4.78, 5) is 4.85. The maximum atomic E-state index is 5.82. The van der Waals surface area contributed by atoms with Crippen molar-refractivity contribution in [3.8, 4) is 0 Å². The fraction of sp³-hybridized carbons (Fsp3) is 0.750. The first-order chi connectivity index (χ1) is 7.31. The molecule has 1 aliphatic heterocycles. The zero-order valence-corrected chi connectivity index (χ0v) is 9.37. The van der Waals surface area contributed by atoms with Gasteiger partial charge in [-0.3, -0.25) is 0 Å². The fourth-order valence-corrected chi connectivity index (χ4v) is 2.76. The molecule has 3 nitrogen and oxygen atoms in total. The van der Waals surface area contributed by atoms with E-state index in [9.17, 15) is 0 Å². The summed E-state index contributed by atoms with van der Waals surface area (Å²) in [7, 11) is 0. The highest BCUT2D eigenvalue weighted by molar-refractivity contribution is 5.26. The molecule has 1 aromatic heterocycles. The molecule has 15 heavy (non-hydrogen) atoms. The first kappa shape index (κ1) is 9.40. The van der Waals surface area contributed by atoms with Gasteiger partial charge in [-0.05, 0) is 32.6 Å². The van der Waals surface area contributed by atoms with E-state index in [-0.39, 0.29) is 0 Å². The van der Waals surface area contributed by atoms with Crippen LogP contribution in [-0.4, -0.2) is 16.1 Å². The summed E-state index contributed by atoms with van der Waals surface area (Å²) in [6.07, 6.45) is 5.16. The smallest absolute Gasteiger partial charge is 0.113 e. The topological polar surface area (TPSA) is 43.8 Å². The molecule has 0 radical (unpaired) electrons. The summed E-state index contributed by atoms with van der Waals surface area (Å²) >= 11 is 0. The van der Waals surface area contributed by atoms with Crippen LogP contribution in [0, 0.1) is 6.92 Å². The maximum Gasteiger partial charge on any atom is 0.113 e. The molecule has 82 valence electrons. The van der Waals surface area contributed by atoms with Crippen molar-refractivity contribution in [3.05, 3.63) is 17.2 Å². The van der Waals surface area contributed by atoms with Crippen LogP contribution in [0.2, 0.25) is 0 Å². The standard InChI is InChI=1S/C12H19N3/c1-8-11(9-4-5-9)14-12-10(7-13)3-2-6-15(8)12/h9-10H,2-7,13H2,1H3. The largest absolute Gasteiger partial charge is 0.332 e. The number of hydrogen-bond donors (Lipinski definition) is 1. The van der Waals surface area contributed by atoms with Crippen LogP contribution < -0.4 is 5.73 Å². The van der Waals surface area contributed by atoms with Gasteiger partial charge in [0.1, 0.15) is 5.82 Å². The molecule has 2 N–H and O–H groups in total. The molecular formula is C12H19N3. The predicted octanol–water partition coefficient (Wildman–Crippen LogP) is 1.91. The molecule has 0 bridgehead atoms. The van der Waals surface area contributed by atoms with Crippen LogP contribution >= 0.6 is 0 Å². The van der Waals surface area contributed by atoms with E-state index in [1.165, 1.54) is 42.9 Å². The normalized spacial score (nSPS) is 25.3. The van der Waals surface area contributed by atoms with Crippen molar-refractivity contribution in [3.63, 3.8) is 0 Å². The lowest BCUT2D eigenvalue weighted by atomic mass is 9.99. The van der Waals surface area contributed by atoms with Crippen molar-refractivity contribution in [1.29, 1.82) is 0 Å². The van der Waals surface area contributed by atoms with E-state index in [1.807, 2.05) is 0 Å². The Labute approximate surface area is 90.7 Å². The number of imidazole rings is 1. The molecule has 1 saturated carbocycles. The average Bonchev–Trinajstić information content (AvgIpc) is 3.04. The fourth-order valence-electron chi connectivity index (χ4n) is 2.76. The van der Waals surface area contributed by atoms with Gasteiger partial charge in [-0.15, -0.1) is 0 Å². The molecule has 1 atom stereocenters. The molecule has 1 aromatic rings. The molecule has 0 aromatic carbocycles. The van der Waals surface area contributed by atoms with E-state index < -0.39 is 0 Å². The van der Waals surface area contributed by atoms with Crippen LogP contribution in [0.15, 0.2) is 0 Å². The van der Waals surface area contributed by atoms with Crippen LogP contribution in [0.1, 0.15) is 54.7 Å². The van der Waals surface area contributed by atoms with Crippen molar-refractivity contribution in [2.75, 3.05) is 6.54 Å². The molecule has 0 spiro atoms. The summed E-state index contributed by atoms with van der Waals surface area (Å²) in [6, 6.07) is 0. The molecular weight excluding hydrogens is 186 g/mol. The van der Waals surface area contributed by atoms with Gasteiger partial charge >= 0.3 is 0 Å². The Balaban J connectivity index is 2.04. The number of aromatic nitrogens is 2. The van der Waals surface area contributed by atoms with Crippen molar-refractivity contribution in [1.82, 2.24) is 9.55 Å². The lowest BCUT2D eigenvalue weighted by Crippen LogP contribution is -2.22. The zero-order chi connectivity index (χ0) is 10.4. The van der Waals surface area contributed by atoms with E-state index >= 15 is 0 Å². The van der Waals surface area contributed by atoms with Gasteiger partial charge in [-0.1, -0.05) is 0 Å². The van der Waals surface area contributed by atoms with Gasteiger partial charge in [0.2, 0.25) is 0 Å². The van der Waals surface area contributed by atoms with Gasteiger partial charge in [-0.2, -0.15) is 0 Å². The zero-order valence-electron chi connectivity index (χ0n) is 9.37. The predicted molar refractivity (Wildman–Crippen MR) is 60.0 cm³/mol. The Morgan fingerprint density at radius 2 is 2.20 bits per heavy atom. The number of hydrogen-bond acceptors (Lipinski definition) is 2. The number of nitrogens with zero attached hydrogens (tertiary/aromatic N) is 2. The summed E-state index contributed by atoms with van der Waals surface area (Å²) in [6.45, 7) is 4.13. The van der Waals surface area contributed by atoms with Gasteiger partial charge in [0, 0.05) is 30.6 Å². The highest BCUT2D eigenvalue weighted by Gasteiger charge is 2.32. The summed E-state index contributed by atoms with van der Waals surface area (Å²) < 4.78 is 2.41. The third-order valence-electron chi connectivity index (χ3n) is 3.84. The monoisotopic (exact) mass is 205 g/mol. The van der Waals surface area contributed by atoms with E-state index in [4.69, 9.17) is 10.7 Å². The van der Waals surface area contributed by atoms with E-state index in [1.54, 1.807) is 0 Å². The maximum absolute atomic E-state index is 5.82. The van der Waals surface area contributed by atoms with Crippen LogP contribution in [0.5, 0.6) is 0 Å². The second kappa shape index (κ2) is 3.34. The van der Waals surface area contributed by atoms with Gasteiger partial charge in [0.15, 0.2) is 0 Å². The number of fused-ring (bicyclic) bond motifs is 1. The molecule has 3 rings (SSSR count). The van der Waals surface area contributed by atoms with Crippen LogP contribution in [0.25, 0.3) is 0 Å². The Morgan fingerprint density at radius 1 is 1.40 bits per heavy atom. The minimum absolute atomic E-state index is 0.505. The summed E-state index contributed by atoms with van der Waals surface area (Å²) in [5, 5.41) is 0. The van der Waals surface area contributed by atoms with E-state index in [0.717, 1.165) is 19.0 Å². The van der Waals surface area contributed by atoms with Gasteiger partial charge in [-0.25, -0.2) is 4.98 Å². The molecule has 1 fully saturated rings. The van der Waals surface area contributed by atoms with E-state index in [2.05, 4.69) is 11.5 Å². The first-order valence-corrected chi connectivity index (χ1v) is 6.08. The Kier molecular flexibility index (Phi) is 2.09. The van der Waals surface area contributed by atoms with Crippen LogP contribution in [-0.2, 0) is 6.54 Å². The van der Waals surface area contributed by atoms with Crippen LogP contribution in [0.4, 0.5) is 0 Å². The molecule has 2 aliphatic rings. The molecule has 0 saturated heterocycles. The third kappa shape index (κ3) is 1.41. The molecule has 3 heteroatoms.